The van der Waals surface area contributed by atoms with E-state index in [1.165, 1.54) is 11.1 Å². The number of benzene rings is 2. The number of carbonyl (C=O) groups excluding carboxylic acids is 1. The van der Waals surface area contributed by atoms with Gasteiger partial charge in [0.2, 0.25) is 0 Å². The molecule has 0 atom stereocenters. The molecule has 3 aromatic rings. The smallest absolute Gasteiger partial charge is 0.253 e. The van der Waals surface area contributed by atoms with Crippen LogP contribution in [0.5, 0.6) is 0 Å². The zero-order valence-electron chi connectivity index (χ0n) is 12.1. The van der Waals surface area contributed by atoms with E-state index in [0.717, 1.165) is 37.0 Å². The van der Waals surface area contributed by atoms with Crippen LogP contribution in [0, 0.1) is 0 Å². The van der Waals surface area contributed by atoms with Crippen molar-refractivity contribution >= 4 is 16.9 Å². The first-order valence-electron chi connectivity index (χ1n) is 7.48. The molecule has 0 fully saturated rings. The molecule has 2 aromatic carbocycles. The minimum Gasteiger partial charge on any atom is -0.338 e. The van der Waals surface area contributed by atoms with Crippen molar-refractivity contribution in [2.24, 2.45) is 0 Å². The van der Waals surface area contributed by atoms with Crippen LogP contribution in [-0.2, 0) is 12.8 Å². The minimum atomic E-state index is 0.0673. The lowest BCUT2D eigenvalue weighted by molar-refractivity contribution is 0.0763. The summed E-state index contributed by atoms with van der Waals surface area (Å²) in [5.74, 6) is 0.0673. The van der Waals surface area contributed by atoms with Crippen molar-refractivity contribution in [2.45, 2.75) is 12.8 Å². The largest absolute Gasteiger partial charge is 0.338 e. The van der Waals surface area contributed by atoms with Crippen LogP contribution in [0.3, 0.4) is 0 Å². The van der Waals surface area contributed by atoms with Crippen LogP contribution >= 0.6 is 0 Å². The van der Waals surface area contributed by atoms with Crippen LogP contribution in [0.15, 0.2) is 42.5 Å². The van der Waals surface area contributed by atoms with Gasteiger partial charge in [-0.15, -0.1) is 0 Å². The molecule has 0 radical (unpaired) electrons. The van der Waals surface area contributed by atoms with Gasteiger partial charge in [-0.3, -0.25) is 4.79 Å². The van der Waals surface area contributed by atoms with Gasteiger partial charge in [0.25, 0.3) is 5.91 Å². The maximum Gasteiger partial charge on any atom is 0.253 e. The van der Waals surface area contributed by atoms with Crippen molar-refractivity contribution in [1.29, 1.82) is 0 Å². The molecular weight excluding hydrogens is 276 g/mol. The number of hydrogen-bond acceptors (Lipinski definition) is 3. The molecule has 4 rings (SSSR count). The van der Waals surface area contributed by atoms with E-state index in [4.69, 9.17) is 0 Å². The van der Waals surface area contributed by atoms with Crippen LogP contribution < -0.4 is 0 Å². The third-order valence-corrected chi connectivity index (χ3v) is 4.27. The van der Waals surface area contributed by atoms with Gasteiger partial charge in [-0.25, -0.2) is 0 Å². The fraction of sp³-hybridized carbons (Fsp3) is 0.235. The Bertz CT molecular complexity index is 812. The van der Waals surface area contributed by atoms with Crippen molar-refractivity contribution in [1.82, 2.24) is 20.3 Å². The first kappa shape index (κ1) is 13.0. The average Bonchev–Trinajstić information content (AvgIpc) is 2.92. The number of nitrogens with zero attached hydrogens (tertiary/aromatic N) is 3. The number of amides is 1. The van der Waals surface area contributed by atoms with Gasteiger partial charge in [0, 0.05) is 18.7 Å². The second-order valence-electron chi connectivity index (χ2n) is 5.59. The summed E-state index contributed by atoms with van der Waals surface area (Å²) in [6.45, 7) is 1.51. The zero-order chi connectivity index (χ0) is 14.9. The molecule has 0 spiro atoms. The molecule has 22 heavy (non-hydrogen) atoms. The highest BCUT2D eigenvalue weighted by molar-refractivity contribution is 5.97. The van der Waals surface area contributed by atoms with Crippen LogP contribution in [0.2, 0.25) is 0 Å². The molecule has 0 unspecified atom stereocenters. The van der Waals surface area contributed by atoms with Crippen molar-refractivity contribution < 1.29 is 4.79 Å². The lowest BCUT2D eigenvalue weighted by atomic mass is 10.0. The van der Waals surface area contributed by atoms with Gasteiger partial charge in [-0.05, 0) is 42.2 Å². The summed E-state index contributed by atoms with van der Waals surface area (Å²) >= 11 is 0. The number of carbonyl (C=O) groups is 1. The lowest BCUT2D eigenvalue weighted by Gasteiger charge is -2.20. The number of nitrogens with one attached hydrogen (secondary N) is 1. The monoisotopic (exact) mass is 292 g/mol. The molecule has 0 saturated carbocycles. The highest BCUT2D eigenvalue weighted by atomic mass is 16.2. The molecule has 0 bridgehead atoms. The predicted molar refractivity (Wildman–Crippen MR) is 83.6 cm³/mol. The number of rotatable bonds is 1. The van der Waals surface area contributed by atoms with Crippen molar-refractivity contribution in [3.05, 3.63) is 59.2 Å². The summed E-state index contributed by atoms with van der Waals surface area (Å²) in [5.41, 5.74) is 4.88. The Kier molecular flexibility index (Phi) is 3.11. The topological polar surface area (TPSA) is 61.9 Å². The van der Waals surface area contributed by atoms with Crippen LogP contribution in [0.1, 0.15) is 21.5 Å². The van der Waals surface area contributed by atoms with Crippen LogP contribution in [0.4, 0.5) is 0 Å². The second kappa shape index (κ2) is 5.26. The number of fused-ring (bicyclic) bond motifs is 2. The van der Waals surface area contributed by atoms with Crippen LogP contribution in [-0.4, -0.2) is 39.3 Å². The summed E-state index contributed by atoms with van der Waals surface area (Å²) in [6.07, 6.45) is 1.82. The highest BCUT2D eigenvalue weighted by Crippen LogP contribution is 2.18. The fourth-order valence-electron chi connectivity index (χ4n) is 3.03. The Morgan fingerprint density at radius 1 is 0.955 bits per heavy atom. The normalized spacial score (nSPS) is 14.6. The molecule has 1 amide bonds. The van der Waals surface area contributed by atoms with Crippen molar-refractivity contribution in [3.63, 3.8) is 0 Å². The third-order valence-electron chi connectivity index (χ3n) is 4.27. The Morgan fingerprint density at radius 2 is 1.64 bits per heavy atom. The van der Waals surface area contributed by atoms with Gasteiger partial charge in [0.1, 0.15) is 11.0 Å². The lowest BCUT2D eigenvalue weighted by Crippen LogP contribution is -2.33. The summed E-state index contributed by atoms with van der Waals surface area (Å²) in [4.78, 5) is 14.7. The van der Waals surface area contributed by atoms with E-state index in [2.05, 4.69) is 39.7 Å². The molecule has 1 N–H and O–H groups in total. The van der Waals surface area contributed by atoms with Gasteiger partial charge in [-0.2, -0.15) is 15.4 Å². The molecule has 1 aliphatic rings. The van der Waals surface area contributed by atoms with Gasteiger partial charge in [0.15, 0.2) is 0 Å². The molecule has 5 heteroatoms. The summed E-state index contributed by atoms with van der Waals surface area (Å²) in [5, 5.41) is 10.6. The Morgan fingerprint density at radius 3 is 2.36 bits per heavy atom. The van der Waals surface area contributed by atoms with E-state index >= 15 is 0 Å². The Balaban J connectivity index is 1.58. The molecule has 5 nitrogen and oxygen atoms in total. The summed E-state index contributed by atoms with van der Waals surface area (Å²) < 4.78 is 0. The quantitative estimate of drug-likeness (QED) is 0.748. The molecule has 2 heterocycles. The SMILES string of the molecule is O=C(c1ccc2n[nH]nc2c1)N1CCc2ccccc2CC1. The maximum absolute atomic E-state index is 12.7. The predicted octanol–water partition coefficient (Wildman–Crippen LogP) is 2.20. The zero-order valence-corrected chi connectivity index (χ0v) is 12.1. The van der Waals surface area contributed by atoms with Crippen LogP contribution in [0.25, 0.3) is 11.0 Å². The Labute approximate surface area is 127 Å². The van der Waals surface area contributed by atoms with Crippen molar-refractivity contribution in [2.75, 3.05) is 13.1 Å². The van der Waals surface area contributed by atoms with Gasteiger partial charge >= 0.3 is 0 Å². The molecule has 1 aromatic heterocycles. The average molecular weight is 292 g/mol. The first-order valence-corrected chi connectivity index (χ1v) is 7.48. The number of H-pyrrole nitrogens is 1. The summed E-state index contributed by atoms with van der Waals surface area (Å²) in [7, 11) is 0. The molecular formula is C17H16N4O. The van der Waals surface area contributed by atoms with E-state index in [9.17, 15) is 4.79 Å². The van der Waals surface area contributed by atoms with Gasteiger partial charge < -0.3 is 4.90 Å². The van der Waals surface area contributed by atoms with E-state index in [1.54, 1.807) is 6.07 Å². The fourth-order valence-corrected chi connectivity index (χ4v) is 3.03. The van der Waals surface area contributed by atoms with E-state index < -0.39 is 0 Å². The second-order valence-corrected chi connectivity index (χ2v) is 5.59. The standard InChI is InChI=1S/C17H16N4O/c22-17(14-5-6-15-16(11-14)19-20-18-15)21-9-7-12-3-1-2-4-13(12)8-10-21/h1-6,11H,7-10H2,(H,18,19,20). The van der Waals surface area contributed by atoms with E-state index in [1.807, 2.05) is 17.0 Å². The first-order chi connectivity index (χ1) is 10.8. The number of aromatic nitrogens is 3. The highest BCUT2D eigenvalue weighted by Gasteiger charge is 2.20. The van der Waals surface area contributed by atoms with Crippen molar-refractivity contribution in [3.8, 4) is 0 Å². The Hall–Kier alpha value is -2.69. The van der Waals surface area contributed by atoms with E-state index in [0.29, 0.717) is 5.56 Å². The molecule has 110 valence electrons. The molecule has 0 saturated heterocycles. The number of hydrogen-bond donors (Lipinski definition) is 1. The minimum absolute atomic E-state index is 0.0673. The third kappa shape index (κ3) is 2.24. The molecule has 0 aliphatic carbocycles. The van der Waals surface area contributed by atoms with Gasteiger partial charge in [0.05, 0.1) is 0 Å². The molecule has 1 aliphatic heterocycles. The maximum atomic E-state index is 12.7. The summed E-state index contributed by atoms with van der Waals surface area (Å²) in [6, 6.07) is 13.9. The van der Waals surface area contributed by atoms with Gasteiger partial charge in [-0.1, -0.05) is 24.3 Å². The number of aromatic amines is 1. The van der Waals surface area contributed by atoms with E-state index in [-0.39, 0.29) is 5.91 Å².